The Balaban J connectivity index is 2.01. The maximum atomic E-state index is 12.2. The van der Waals surface area contributed by atoms with Crippen molar-refractivity contribution in [3.8, 4) is 11.5 Å². The number of hydrogen-bond donors (Lipinski definition) is 0. The molecule has 0 fully saturated rings. The molecule has 0 spiro atoms. The van der Waals surface area contributed by atoms with Crippen LogP contribution >= 0.6 is 0 Å². The number of amides is 1. The fourth-order valence-corrected chi connectivity index (χ4v) is 2.32. The SMILES string of the molecule is COc1cccc2c1OCC(=O)N(c1ccccc1)C2. The lowest BCUT2D eigenvalue weighted by atomic mass is 10.1. The zero-order valence-electron chi connectivity index (χ0n) is 11.2. The van der Waals surface area contributed by atoms with Gasteiger partial charge in [0.15, 0.2) is 18.1 Å². The number of carbonyl (C=O) groups is 1. The number of nitrogens with zero attached hydrogens (tertiary/aromatic N) is 1. The highest BCUT2D eigenvalue weighted by Crippen LogP contribution is 2.34. The smallest absolute Gasteiger partial charge is 0.265 e. The molecule has 0 aromatic heterocycles. The van der Waals surface area contributed by atoms with Crippen molar-refractivity contribution in [3.63, 3.8) is 0 Å². The van der Waals surface area contributed by atoms with Crippen LogP contribution in [0.5, 0.6) is 11.5 Å². The standard InChI is InChI=1S/C16H15NO3/c1-19-14-9-5-6-12-10-17(13-7-3-2-4-8-13)15(18)11-20-16(12)14/h2-9H,10-11H2,1H3. The first-order valence-electron chi connectivity index (χ1n) is 6.43. The molecule has 0 saturated carbocycles. The van der Waals surface area contributed by atoms with Crippen LogP contribution in [-0.2, 0) is 11.3 Å². The van der Waals surface area contributed by atoms with Gasteiger partial charge in [0.25, 0.3) is 5.91 Å². The molecular weight excluding hydrogens is 254 g/mol. The quantitative estimate of drug-likeness (QED) is 0.841. The van der Waals surface area contributed by atoms with Gasteiger partial charge >= 0.3 is 0 Å². The molecule has 1 aliphatic rings. The summed E-state index contributed by atoms with van der Waals surface area (Å²) in [6.07, 6.45) is 0. The van der Waals surface area contributed by atoms with Gasteiger partial charge in [0, 0.05) is 11.3 Å². The highest BCUT2D eigenvalue weighted by Gasteiger charge is 2.24. The summed E-state index contributed by atoms with van der Waals surface area (Å²) in [4.78, 5) is 14.0. The lowest BCUT2D eigenvalue weighted by Crippen LogP contribution is -2.32. The summed E-state index contributed by atoms with van der Waals surface area (Å²) >= 11 is 0. The molecule has 2 aromatic rings. The zero-order chi connectivity index (χ0) is 13.9. The maximum Gasteiger partial charge on any atom is 0.265 e. The summed E-state index contributed by atoms with van der Waals surface area (Å²) in [5.41, 5.74) is 1.82. The maximum absolute atomic E-state index is 12.2. The Bertz CT molecular complexity index is 625. The lowest BCUT2D eigenvalue weighted by molar-refractivity contribution is -0.120. The van der Waals surface area contributed by atoms with E-state index < -0.39 is 0 Å². The first-order valence-corrected chi connectivity index (χ1v) is 6.43. The first-order chi connectivity index (χ1) is 9.79. The summed E-state index contributed by atoms with van der Waals surface area (Å²) in [5, 5.41) is 0. The summed E-state index contributed by atoms with van der Waals surface area (Å²) in [5.74, 6) is 1.25. The van der Waals surface area contributed by atoms with E-state index in [1.54, 1.807) is 12.0 Å². The Morgan fingerprint density at radius 3 is 2.65 bits per heavy atom. The van der Waals surface area contributed by atoms with Gasteiger partial charge in [-0.25, -0.2) is 0 Å². The van der Waals surface area contributed by atoms with Crippen molar-refractivity contribution in [1.29, 1.82) is 0 Å². The largest absolute Gasteiger partial charge is 0.493 e. The van der Waals surface area contributed by atoms with Gasteiger partial charge in [-0.3, -0.25) is 4.79 Å². The van der Waals surface area contributed by atoms with Crippen LogP contribution in [0.3, 0.4) is 0 Å². The number of benzene rings is 2. The van der Waals surface area contributed by atoms with Gasteiger partial charge in [-0.05, 0) is 18.2 Å². The summed E-state index contributed by atoms with van der Waals surface area (Å²) in [6, 6.07) is 15.3. The Morgan fingerprint density at radius 1 is 1.10 bits per heavy atom. The van der Waals surface area contributed by atoms with Gasteiger partial charge < -0.3 is 14.4 Å². The normalized spacial score (nSPS) is 14.2. The number of methoxy groups -OCH3 is 1. The van der Waals surface area contributed by atoms with Crippen LogP contribution in [0, 0.1) is 0 Å². The van der Waals surface area contributed by atoms with Gasteiger partial charge in [0.1, 0.15) is 0 Å². The molecule has 1 amide bonds. The van der Waals surface area contributed by atoms with E-state index in [2.05, 4.69) is 0 Å². The minimum Gasteiger partial charge on any atom is -0.493 e. The van der Waals surface area contributed by atoms with Gasteiger partial charge in [-0.1, -0.05) is 30.3 Å². The number of anilines is 1. The van der Waals surface area contributed by atoms with Crippen LogP contribution < -0.4 is 14.4 Å². The fraction of sp³-hybridized carbons (Fsp3) is 0.188. The monoisotopic (exact) mass is 269 g/mol. The van der Waals surface area contributed by atoms with Crippen LogP contribution in [0.25, 0.3) is 0 Å². The van der Waals surface area contributed by atoms with Crippen LogP contribution in [0.15, 0.2) is 48.5 Å². The second kappa shape index (κ2) is 5.25. The van der Waals surface area contributed by atoms with Crippen molar-refractivity contribution in [1.82, 2.24) is 0 Å². The first kappa shape index (κ1) is 12.5. The molecule has 2 aromatic carbocycles. The Labute approximate surface area is 117 Å². The van der Waals surface area contributed by atoms with Gasteiger partial charge in [-0.2, -0.15) is 0 Å². The number of fused-ring (bicyclic) bond motifs is 1. The van der Waals surface area contributed by atoms with E-state index >= 15 is 0 Å². The summed E-state index contributed by atoms with van der Waals surface area (Å²) in [7, 11) is 1.60. The molecule has 0 radical (unpaired) electrons. The van der Waals surface area contributed by atoms with Crippen LogP contribution in [0.2, 0.25) is 0 Å². The number of para-hydroxylation sites is 2. The molecular formula is C16H15NO3. The molecule has 0 unspecified atom stereocenters. The molecule has 4 heteroatoms. The van der Waals surface area contributed by atoms with Crippen molar-refractivity contribution < 1.29 is 14.3 Å². The number of carbonyl (C=O) groups excluding carboxylic acids is 1. The average Bonchev–Trinajstić information content (AvgIpc) is 2.67. The van der Waals surface area contributed by atoms with Gasteiger partial charge in [0.05, 0.1) is 13.7 Å². The molecule has 1 heterocycles. The van der Waals surface area contributed by atoms with Crippen molar-refractivity contribution in [2.75, 3.05) is 18.6 Å². The molecule has 0 bridgehead atoms. The molecule has 3 rings (SSSR count). The Hall–Kier alpha value is -2.49. The van der Waals surface area contributed by atoms with Gasteiger partial charge in [-0.15, -0.1) is 0 Å². The fourth-order valence-electron chi connectivity index (χ4n) is 2.32. The van der Waals surface area contributed by atoms with Gasteiger partial charge in [0.2, 0.25) is 0 Å². The van der Waals surface area contributed by atoms with Crippen LogP contribution in [-0.4, -0.2) is 19.6 Å². The second-order valence-electron chi connectivity index (χ2n) is 4.55. The molecule has 102 valence electrons. The highest BCUT2D eigenvalue weighted by atomic mass is 16.5. The van der Waals surface area contributed by atoms with Crippen molar-refractivity contribution in [2.45, 2.75) is 6.54 Å². The second-order valence-corrected chi connectivity index (χ2v) is 4.55. The number of rotatable bonds is 2. The zero-order valence-corrected chi connectivity index (χ0v) is 11.2. The third-order valence-corrected chi connectivity index (χ3v) is 3.32. The van der Waals surface area contributed by atoms with Crippen molar-refractivity contribution in [2.24, 2.45) is 0 Å². The van der Waals surface area contributed by atoms with Crippen LogP contribution in [0.1, 0.15) is 5.56 Å². The molecule has 1 aliphatic heterocycles. The van der Waals surface area contributed by atoms with E-state index in [-0.39, 0.29) is 12.5 Å². The minimum atomic E-state index is -0.0607. The molecule has 20 heavy (non-hydrogen) atoms. The van der Waals surface area contributed by atoms with Crippen LogP contribution in [0.4, 0.5) is 5.69 Å². The summed E-state index contributed by atoms with van der Waals surface area (Å²) < 4.78 is 10.9. The molecule has 0 aliphatic carbocycles. The van der Waals surface area contributed by atoms with E-state index in [9.17, 15) is 4.79 Å². The van der Waals surface area contributed by atoms with E-state index in [0.717, 1.165) is 11.3 Å². The molecule has 0 atom stereocenters. The van der Waals surface area contributed by atoms with E-state index in [4.69, 9.17) is 9.47 Å². The molecule has 4 nitrogen and oxygen atoms in total. The van der Waals surface area contributed by atoms with Crippen molar-refractivity contribution in [3.05, 3.63) is 54.1 Å². The van der Waals surface area contributed by atoms with Crippen molar-refractivity contribution >= 4 is 11.6 Å². The van der Waals surface area contributed by atoms with E-state index in [1.807, 2.05) is 48.5 Å². The lowest BCUT2D eigenvalue weighted by Gasteiger charge is -2.20. The number of hydrogen-bond acceptors (Lipinski definition) is 3. The molecule has 0 saturated heterocycles. The minimum absolute atomic E-state index is 0.0161. The Kier molecular flexibility index (Phi) is 3.29. The third-order valence-electron chi connectivity index (χ3n) is 3.32. The Morgan fingerprint density at radius 2 is 1.90 bits per heavy atom. The summed E-state index contributed by atoms with van der Waals surface area (Å²) in [6.45, 7) is 0.498. The topological polar surface area (TPSA) is 38.8 Å². The van der Waals surface area contributed by atoms with E-state index in [0.29, 0.717) is 18.0 Å². The predicted octanol–water partition coefficient (Wildman–Crippen LogP) is 2.62. The third kappa shape index (κ3) is 2.20. The highest BCUT2D eigenvalue weighted by molar-refractivity contribution is 5.95. The van der Waals surface area contributed by atoms with E-state index in [1.165, 1.54) is 0 Å². The predicted molar refractivity (Wildman–Crippen MR) is 76.1 cm³/mol. The number of ether oxygens (including phenoxy) is 2. The molecule has 0 N–H and O–H groups in total. The average molecular weight is 269 g/mol.